The molecule has 4 aromatic rings. The van der Waals surface area contributed by atoms with E-state index < -0.39 is 0 Å². The molecule has 2 aromatic carbocycles. The van der Waals surface area contributed by atoms with Crippen LogP contribution in [0.2, 0.25) is 0 Å². The highest BCUT2D eigenvalue weighted by molar-refractivity contribution is 6.03. The maximum atomic E-state index is 13.4. The lowest BCUT2D eigenvalue weighted by Crippen LogP contribution is -2.51. The van der Waals surface area contributed by atoms with Crippen LogP contribution >= 0.6 is 0 Å². The number of pyridine rings is 1. The predicted molar refractivity (Wildman–Crippen MR) is 127 cm³/mol. The lowest BCUT2D eigenvalue weighted by atomic mass is 9.96. The third kappa shape index (κ3) is 3.00. The van der Waals surface area contributed by atoms with E-state index >= 15 is 0 Å². The van der Waals surface area contributed by atoms with E-state index in [-0.39, 0.29) is 24.5 Å². The van der Waals surface area contributed by atoms with Gasteiger partial charge in [-0.1, -0.05) is 30.3 Å². The molecular formula is C26H23N5O2. The van der Waals surface area contributed by atoms with Gasteiger partial charge >= 0.3 is 0 Å². The fourth-order valence-corrected chi connectivity index (χ4v) is 5.26. The first-order valence-corrected chi connectivity index (χ1v) is 11.1. The minimum Gasteiger partial charge on any atom is -0.349 e. The zero-order valence-electron chi connectivity index (χ0n) is 18.2. The van der Waals surface area contributed by atoms with Crippen LogP contribution in [-0.2, 0) is 17.8 Å². The molecule has 33 heavy (non-hydrogen) atoms. The third-order valence-electron chi connectivity index (χ3n) is 6.65. The molecule has 164 valence electrons. The molecule has 1 atom stereocenters. The van der Waals surface area contributed by atoms with Gasteiger partial charge in [-0.25, -0.2) is 0 Å². The van der Waals surface area contributed by atoms with Gasteiger partial charge in [-0.15, -0.1) is 0 Å². The van der Waals surface area contributed by atoms with E-state index in [1.54, 1.807) is 18.5 Å². The number of nitrogens with zero attached hydrogens (tertiary/aromatic N) is 4. The Morgan fingerprint density at radius 1 is 1.09 bits per heavy atom. The number of anilines is 2. The summed E-state index contributed by atoms with van der Waals surface area (Å²) in [5, 5.41) is 4.08. The second-order valence-electron chi connectivity index (χ2n) is 8.51. The SMILES string of the molecule is CN1c2ccccc2C(=O)N2CCc3c(n(CC(=O)Nc4cccnc4)c4ccccc34)C21. The number of hydrogen-bond donors (Lipinski definition) is 1. The van der Waals surface area contributed by atoms with Crippen LogP contribution in [0.1, 0.15) is 27.8 Å². The molecule has 2 amide bonds. The van der Waals surface area contributed by atoms with Crippen molar-refractivity contribution in [2.24, 2.45) is 0 Å². The van der Waals surface area contributed by atoms with Gasteiger partial charge in [-0.2, -0.15) is 0 Å². The van der Waals surface area contributed by atoms with Gasteiger partial charge in [0.1, 0.15) is 12.7 Å². The summed E-state index contributed by atoms with van der Waals surface area (Å²) in [7, 11) is 2.02. The topological polar surface area (TPSA) is 70.5 Å². The molecule has 2 aromatic heterocycles. The van der Waals surface area contributed by atoms with Crippen LogP contribution in [0.3, 0.4) is 0 Å². The van der Waals surface area contributed by atoms with E-state index in [4.69, 9.17) is 0 Å². The van der Waals surface area contributed by atoms with Crippen LogP contribution in [0.4, 0.5) is 11.4 Å². The van der Waals surface area contributed by atoms with Crippen molar-refractivity contribution in [2.45, 2.75) is 19.1 Å². The van der Waals surface area contributed by atoms with Crippen LogP contribution in [0.25, 0.3) is 10.9 Å². The van der Waals surface area contributed by atoms with Crippen LogP contribution in [0.15, 0.2) is 73.1 Å². The number of carbonyl (C=O) groups is 2. The fourth-order valence-electron chi connectivity index (χ4n) is 5.26. The average Bonchev–Trinajstić information content (AvgIpc) is 3.16. The third-order valence-corrected chi connectivity index (χ3v) is 6.65. The minimum absolute atomic E-state index is 0.0379. The van der Waals surface area contributed by atoms with Crippen molar-refractivity contribution in [1.29, 1.82) is 0 Å². The molecule has 1 unspecified atom stereocenters. The van der Waals surface area contributed by atoms with Crippen molar-refractivity contribution in [1.82, 2.24) is 14.5 Å². The number of benzene rings is 2. The van der Waals surface area contributed by atoms with Gasteiger partial charge in [0.15, 0.2) is 0 Å². The Morgan fingerprint density at radius 2 is 1.91 bits per heavy atom. The summed E-state index contributed by atoms with van der Waals surface area (Å²) in [6.07, 6.45) is 3.79. The summed E-state index contributed by atoms with van der Waals surface area (Å²) in [5.41, 5.74) is 5.51. The second kappa shape index (κ2) is 7.48. The molecule has 7 nitrogen and oxygen atoms in total. The molecule has 4 heterocycles. The van der Waals surface area contributed by atoms with E-state index in [2.05, 4.69) is 25.8 Å². The Kier molecular flexibility index (Phi) is 4.43. The summed E-state index contributed by atoms with van der Waals surface area (Å²) < 4.78 is 2.07. The van der Waals surface area contributed by atoms with Crippen LogP contribution in [0, 0.1) is 0 Å². The average molecular weight is 438 g/mol. The first-order valence-electron chi connectivity index (χ1n) is 11.1. The maximum absolute atomic E-state index is 13.4. The van der Waals surface area contributed by atoms with Crippen molar-refractivity contribution in [2.75, 3.05) is 23.8 Å². The predicted octanol–water partition coefficient (Wildman–Crippen LogP) is 3.82. The molecule has 7 heteroatoms. The standard InChI is InChI=1S/C26H23N5O2/c1-29-21-10-4-3-9-20(21)26(33)30-14-12-19-18-8-2-5-11-22(18)31(24(19)25(29)30)16-23(32)28-17-7-6-13-27-15-17/h2-11,13,15,25H,12,14,16H2,1H3,(H,28,32). The van der Waals surface area contributed by atoms with E-state index in [1.807, 2.05) is 60.5 Å². The lowest BCUT2D eigenvalue weighted by molar-refractivity contribution is -0.116. The van der Waals surface area contributed by atoms with Gasteiger partial charge in [-0.3, -0.25) is 14.6 Å². The Labute approximate surface area is 191 Å². The minimum atomic E-state index is -0.269. The Bertz CT molecular complexity index is 1390. The monoisotopic (exact) mass is 437 g/mol. The molecule has 6 rings (SSSR count). The number of fused-ring (bicyclic) bond motifs is 6. The van der Waals surface area contributed by atoms with Gasteiger partial charge in [0.25, 0.3) is 5.91 Å². The number of amides is 2. The Morgan fingerprint density at radius 3 is 2.76 bits per heavy atom. The zero-order chi connectivity index (χ0) is 22.5. The molecule has 2 aliphatic rings. The van der Waals surface area contributed by atoms with E-state index in [0.29, 0.717) is 12.2 Å². The van der Waals surface area contributed by atoms with Crippen LogP contribution < -0.4 is 10.2 Å². The number of hydrogen-bond acceptors (Lipinski definition) is 4. The summed E-state index contributed by atoms with van der Waals surface area (Å²) in [4.78, 5) is 34.6. The molecule has 0 aliphatic carbocycles. The van der Waals surface area contributed by atoms with Gasteiger partial charge in [0.2, 0.25) is 5.91 Å². The highest BCUT2D eigenvalue weighted by Gasteiger charge is 2.42. The van der Waals surface area contributed by atoms with Gasteiger partial charge in [-0.05, 0) is 42.3 Å². The molecule has 0 radical (unpaired) electrons. The molecule has 0 saturated carbocycles. The van der Waals surface area contributed by atoms with Gasteiger partial charge in [0, 0.05) is 30.7 Å². The van der Waals surface area contributed by atoms with Crippen LogP contribution in [0.5, 0.6) is 0 Å². The molecule has 1 N–H and O–H groups in total. The molecular weight excluding hydrogens is 414 g/mol. The number of aromatic nitrogens is 2. The number of carbonyl (C=O) groups excluding carboxylic acids is 2. The zero-order valence-corrected chi connectivity index (χ0v) is 18.2. The van der Waals surface area contributed by atoms with Crippen molar-refractivity contribution < 1.29 is 9.59 Å². The number of para-hydroxylation sites is 2. The molecule has 0 spiro atoms. The summed E-state index contributed by atoms with van der Waals surface area (Å²) in [6.45, 7) is 0.795. The van der Waals surface area contributed by atoms with Crippen molar-refractivity contribution >= 4 is 34.1 Å². The fraction of sp³-hybridized carbons (Fsp3) is 0.192. The molecule has 0 saturated heterocycles. The molecule has 0 fully saturated rings. The summed E-state index contributed by atoms with van der Waals surface area (Å²) >= 11 is 0. The largest absolute Gasteiger partial charge is 0.349 e. The van der Waals surface area contributed by atoms with E-state index in [1.165, 1.54) is 5.56 Å². The summed E-state index contributed by atoms with van der Waals surface area (Å²) in [5.74, 6) is -0.0927. The normalized spacial score (nSPS) is 16.9. The van der Waals surface area contributed by atoms with Crippen molar-refractivity contribution in [3.05, 3.63) is 89.9 Å². The van der Waals surface area contributed by atoms with E-state index in [9.17, 15) is 9.59 Å². The Hall–Kier alpha value is -4.13. The number of nitrogens with one attached hydrogen (secondary N) is 1. The Balaban J connectivity index is 1.48. The highest BCUT2D eigenvalue weighted by Crippen LogP contribution is 2.44. The van der Waals surface area contributed by atoms with Crippen molar-refractivity contribution in [3.63, 3.8) is 0 Å². The van der Waals surface area contributed by atoms with Gasteiger partial charge < -0.3 is 19.7 Å². The summed E-state index contributed by atoms with van der Waals surface area (Å²) in [6, 6.07) is 19.5. The van der Waals surface area contributed by atoms with E-state index in [0.717, 1.165) is 34.3 Å². The lowest BCUT2D eigenvalue weighted by Gasteiger charge is -2.46. The quantitative estimate of drug-likeness (QED) is 0.529. The first-order chi connectivity index (χ1) is 16.1. The smallest absolute Gasteiger partial charge is 0.257 e. The molecule has 2 aliphatic heterocycles. The molecule has 0 bridgehead atoms. The van der Waals surface area contributed by atoms with Crippen LogP contribution in [-0.4, -0.2) is 39.9 Å². The van der Waals surface area contributed by atoms with Gasteiger partial charge in [0.05, 0.1) is 28.8 Å². The first kappa shape index (κ1) is 19.5. The highest BCUT2D eigenvalue weighted by atomic mass is 16.2. The number of rotatable bonds is 3. The van der Waals surface area contributed by atoms with Crippen molar-refractivity contribution in [3.8, 4) is 0 Å². The maximum Gasteiger partial charge on any atom is 0.257 e. The second-order valence-corrected chi connectivity index (χ2v) is 8.51.